The van der Waals surface area contributed by atoms with Gasteiger partial charge in [-0.05, 0) is 18.6 Å². The summed E-state index contributed by atoms with van der Waals surface area (Å²) in [5.74, 6) is 0.806. The second kappa shape index (κ2) is 9.02. The SMILES string of the molecule is CCCNC(=O)CNC(=NC)N1CCN(c2ccccc2)CC1. The summed E-state index contributed by atoms with van der Waals surface area (Å²) in [7, 11) is 1.76. The first-order chi connectivity index (χ1) is 11.2. The molecule has 0 unspecified atom stereocenters. The Balaban J connectivity index is 1.79. The fourth-order valence-electron chi connectivity index (χ4n) is 2.63. The van der Waals surface area contributed by atoms with Gasteiger partial charge in [0.25, 0.3) is 0 Å². The molecular formula is C17H27N5O. The van der Waals surface area contributed by atoms with Crippen LogP contribution in [0.25, 0.3) is 0 Å². The summed E-state index contributed by atoms with van der Waals surface area (Å²) in [6.45, 7) is 6.72. The van der Waals surface area contributed by atoms with Crippen molar-refractivity contribution >= 4 is 17.6 Å². The second-order valence-electron chi connectivity index (χ2n) is 5.56. The van der Waals surface area contributed by atoms with Gasteiger partial charge in [-0.3, -0.25) is 9.79 Å². The zero-order valence-corrected chi connectivity index (χ0v) is 14.1. The summed E-state index contributed by atoms with van der Waals surface area (Å²) in [5.41, 5.74) is 1.26. The maximum absolute atomic E-state index is 11.7. The number of hydrogen-bond acceptors (Lipinski definition) is 3. The van der Waals surface area contributed by atoms with Gasteiger partial charge in [-0.25, -0.2) is 0 Å². The molecule has 0 radical (unpaired) electrons. The zero-order valence-electron chi connectivity index (χ0n) is 14.1. The molecule has 6 heteroatoms. The van der Waals surface area contributed by atoms with Crippen LogP contribution in [0.3, 0.4) is 0 Å². The van der Waals surface area contributed by atoms with Gasteiger partial charge in [0, 0.05) is 45.5 Å². The highest BCUT2D eigenvalue weighted by atomic mass is 16.1. The van der Waals surface area contributed by atoms with Gasteiger partial charge in [0.2, 0.25) is 5.91 Å². The second-order valence-corrected chi connectivity index (χ2v) is 5.56. The van der Waals surface area contributed by atoms with Crippen LogP contribution in [-0.4, -0.2) is 63.1 Å². The molecule has 1 aromatic rings. The standard InChI is InChI=1S/C17H27N5O/c1-3-9-19-16(23)14-20-17(18-2)22-12-10-21(11-13-22)15-7-5-4-6-8-15/h4-8H,3,9-14H2,1-2H3,(H,18,20)(H,19,23). The Morgan fingerprint density at radius 3 is 2.43 bits per heavy atom. The first kappa shape index (κ1) is 17.1. The van der Waals surface area contributed by atoms with Crippen LogP contribution in [-0.2, 0) is 4.79 Å². The van der Waals surface area contributed by atoms with E-state index in [-0.39, 0.29) is 12.5 Å². The monoisotopic (exact) mass is 317 g/mol. The maximum atomic E-state index is 11.7. The van der Waals surface area contributed by atoms with E-state index in [9.17, 15) is 4.79 Å². The maximum Gasteiger partial charge on any atom is 0.239 e. The lowest BCUT2D eigenvalue weighted by Gasteiger charge is -2.37. The van der Waals surface area contributed by atoms with Gasteiger partial charge in [-0.1, -0.05) is 25.1 Å². The van der Waals surface area contributed by atoms with Crippen molar-refractivity contribution in [3.63, 3.8) is 0 Å². The van der Waals surface area contributed by atoms with Crippen molar-refractivity contribution in [2.24, 2.45) is 4.99 Å². The average molecular weight is 317 g/mol. The third-order valence-corrected chi connectivity index (χ3v) is 3.89. The number of anilines is 1. The average Bonchev–Trinajstić information content (AvgIpc) is 2.61. The Morgan fingerprint density at radius 1 is 1.13 bits per heavy atom. The van der Waals surface area contributed by atoms with E-state index in [1.807, 2.05) is 13.0 Å². The van der Waals surface area contributed by atoms with Crippen LogP contribution in [0, 0.1) is 0 Å². The number of piperazine rings is 1. The molecule has 0 bridgehead atoms. The fraction of sp³-hybridized carbons (Fsp3) is 0.529. The van der Waals surface area contributed by atoms with Gasteiger partial charge in [0.1, 0.15) is 0 Å². The van der Waals surface area contributed by atoms with Crippen molar-refractivity contribution in [2.45, 2.75) is 13.3 Å². The lowest BCUT2D eigenvalue weighted by Crippen LogP contribution is -2.53. The zero-order chi connectivity index (χ0) is 16.5. The van der Waals surface area contributed by atoms with Gasteiger partial charge in [-0.2, -0.15) is 0 Å². The van der Waals surface area contributed by atoms with E-state index in [2.05, 4.69) is 49.7 Å². The number of amides is 1. The molecule has 2 N–H and O–H groups in total. The molecule has 2 rings (SSSR count). The predicted molar refractivity (Wildman–Crippen MR) is 94.9 cm³/mol. The van der Waals surface area contributed by atoms with Crippen molar-refractivity contribution < 1.29 is 4.79 Å². The van der Waals surface area contributed by atoms with E-state index in [4.69, 9.17) is 0 Å². The van der Waals surface area contributed by atoms with Crippen molar-refractivity contribution in [1.82, 2.24) is 15.5 Å². The molecule has 0 atom stereocenters. The first-order valence-corrected chi connectivity index (χ1v) is 8.27. The molecule has 1 saturated heterocycles. The number of carbonyl (C=O) groups is 1. The number of nitrogens with one attached hydrogen (secondary N) is 2. The van der Waals surface area contributed by atoms with Crippen LogP contribution >= 0.6 is 0 Å². The molecule has 23 heavy (non-hydrogen) atoms. The van der Waals surface area contributed by atoms with E-state index in [0.29, 0.717) is 0 Å². The van der Waals surface area contributed by atoms with E-state index < -0.39 is 0 Å². The highest BCUT2D eigenvalue weighted by Crippen LogP contribution is 2.15. The van der Waals surface area contributed by atoms with Crippen LogP contribution in [0.4, 0.5) is 5.69 Å². The van der Waals surface area contributed by atoms with Crippen molar-refractivity contribution in [3.8, 4) is 0 Å². The number of carbonyl (C=O) groups excluding carboxylic acids is 1. The number of rotatable bonds is 5. The van der Waals surface area contributed by atoms with Crippen LogP contribution in [0.2, 0.25) is 0 Å². The normalized spacial score (nSPS) is 15.5. The molecule has 6 nitrogen and oxygen atoms in total. The van der Waals surface area contributed by atoms with E-state index >= 15 is 0 Å². The molecule has 1 aliphatic heterocycles. The molecule has 1 fully saturated rings. The topological polar surface area (TPSA) is 60.0 Å². The van der Waals surface area contributed by atoms with Crippen LogP contribution in [0.5, 0.6) is 0 Å². The molecular weight excluding hydrogens is 290 g/mol. The van der Waals surface area contributed by atoms with E-state index in [1.165, 1.54) is 5.69 Å². The molecule has 1 amide bonds. The summed E-state index contributed by atoms with van der Waals surface area (Å²) < 4.78 is 0. The quantitative estimate of drug-likeness (QED) is 0.626. The number of guanidine groups is 1. The lowest BCUT2D eigenvalue weighted by atomic mass is 10.2. The lowest BCUT2D eigenvalue weighted by molar-refractivity contribution is -0.120. The van der Waals surface area contributed by atoms with Crippen LogP contribution < -0.4 is 15.5 Å². The molecule has 1 heterocycles. The molecule has 0 aromatic heterocycles. The minimum atomic E-state index is 0.0101. The number of nitrogens with zero attached hydrogens (tertiary/aromatic N) is 3. The molecule has 0 spiro atoms. The highest BCUT2D eigenvalue weighted by molar-refractivity contribution is 5.86. The van der Waals surface area contributed by atoms with Crippen LogP contribution in [0.1, 0.15) is 13.3 Å². The Morgan fingerprint density at radius 2 is 1.83 bits per heavy atom. The molecule has 0 aliphatic carbocycles. The van der Waals surface area contributed by atoms with Gasteiger partial charge in [0.15, 0.2) is 5.96 Å². The number of benzene rings is 1. The van der Waals surface area contributed by atoms with Gasteiger partial charge < -0.3 is 20.4 Å². The van der Waals surface area contributed by atoms with Gasteiger partial charge >= 0.3 is 0 Å². The highest BCUT2D eigenvalue weighted by Gasteiger charge is 2.19. The van der Waals surface area contributed by atoms with Crippen molar-refractivity contribution in [3.05, 3.63) is 30.3 Å². The Bertz CT molecular complexity index is 509. The summed E-state index contributed by atoms with van der Waals surface area (Å²) in [4.78, 5) is 20.6. The smallest absolute Gasteiger partial charge is 0.239 e. The molecule has 1 aromatic carbocycles. The molecule has 0 saturated carbocycles. The molecule has 1 aliphatic rings. The Kier molecular flexibility index (Phi) is 6.72. The van der Waals surface area contributed by atoms with Crippen LogP contribution in [0.15, 0.2) is 35.3 Å². The van der Waals surface area contributed by atoms with E-state index in [0.717, 1.165) is 45.1 Å². The number of aliphatic imine (C=N–C) groups is 1. The van der Waals surface area contributed by atoms with Gasteiger partial charge in [-0.15, -0.1) is 0 Å². The third-order valence-electron chi connectivity index (χ3n) is 3.89. The fourth-order valence-corrected chi connectivity index (χ4v) is 2.63. The Hall–Kier alpha value is -2.24. The molecule has 126 valence electrons. The van der Waals surface area contributed by atoms with E-state index in [1.54, 1.807) is 7.05 Å². The Labute approximate surface area is 138 Å². The van der Waals surface area contributed by atoms with Gasteiger partial charge in [0.05, 0.1) is 6.54 Å². The van der Waals surface area contributed by atoms with Crippen molar-refractivity contribution in [1.29, 1.82) is 0 Å². The first-order valence-electron chi connectivity index (χ1n) is 8.27. The minimum absolute atomic E-state index is 0.0101. The minimum Gasteiger partial charge on any atom is -0.368 e. The number of hydrogen-bond donors (Lipinski definition) is 2. The number of para-hydroxylation sites is 1. The summed E-state index contributed by atoms with van der Waals surface area (Å²) in [6.07, 6.45) is 0.946. The largest absolute Gasteiger partial charge is 0.368 e. The van der Waals surface area contributed by atoms with Crippen molar-refractivity contribution in [2.75, 3.05) is 51.2 Å². The summed E-state index contributed by atoms with van der Waals surface area (Å²) in [6, 6.07) is 10.4. The third kappa shape index (κ3) is 5.16. The summed E-state index contributed by atoms with van der Waals surface area (Å²) in [5, 5.41) is 6.01. The predicted octanol–water partition coefficient (Wildman–Crippen LogP) is 0.910. The summed E-state index contributed by atoms with van der Waals surface area (Å²) >= 11 is 0.